The van der Waals surface area contributed by atoms with Crippen molar-refractivity contribution in [3.63, 3.8) is 0 Å². The molecule has 1 unspecified atom stereocenters. The highest BCUT2D eigenvalue weighted by molar-refractivity contribution is 5.19. The van der Waals surface area contributed by atoms with Crippen LogP contribution in [0.15, 0.2) is 16.7 Å². The fourth-order valence-corrected chi connectivity index (χ4v) is 2.21. The third kappa shape index (κ3) is 4.95. The predicted octanol–water partition coefficient (Wildman–Crippen LogP) is 4.63. The molecule has 17 heavy (non-hydrogen) atoms. The molecule has 0 aromatic carbocycles. The maximum absolute atomic E-state index is 10.1. The number of hydrogen-bond acceptors (Lipinski definition) is 2. The molecule has 0 fully saturated rings. The molecule has 1 N–H and O–H groups in total. The van der Waals surface area contributed by atoms with Gasteiger partial charge in [-0.2, -0.15) is 0 Å². The predicted molar refractivity (Wildman–Crippen MR) is 71.0 cm³/mol. The molecule has 1 aromatic rings. The maximum atomic E-state index is 10.1. The fraction of sp³-hybridized carbons (Fsp3) is 0.733. The van der Waals surface area contributed by atoms with Gasteiger partial charge >= 0.3 is 0 Å². The SMILES string of the molecule is CCCCCCCCC(O)c1ccoc1CC. The first-order chi connectivity index (χ1) is 8.29. The fourth-order valence-electron chi connectivity index (χ4n) is 2.21. The van der Waals surface area contributed by atoms with Crippen molar-refractivity contribution in [2.45, 2.75) is 71.3 Å². The Hall–Kier alpha value is -0.760. The van der Waals surface area contributed by atoms with Crippen molar-refractivity contribution >= 4 is 0 Å². The van der Waals surface area contributed by atoms with Crippen LogP contribution in [0, 0.1) is 0 Å². The summed E-state index contributed by atoms with van der Waals surface area (Å²) in [6, 6.07) is 1.90. The van der Waals surface area contributed by atoms with E-state index in [0.29, 0.717) is 0 Å². The number of aliphatic hydroxyl groups is 1. The summed E-state index contributed by atoms with van der Waals surface area (Å²) in [7, 11) is 0. The maximum Gasteiger partial charge on any atom is 0.109 e. The van der Waals surface area contributed by atoms with E-state index in [1.165, 1.54) is 32.1 Å². The molecular formula is C15H26O2. The van der Waals surface area contributed by atoms with E-state index in [0.717, 1.165) is 30.6 Å². The summed E-state index contributed by atoms with van der Waals surface area (Å²) in [5.41, 5.74) is 0.987. The largest absolute Gasteiger partial charge is 0.469 e. The Bertz CT molecular complexity index is 291. The van der Waals surface area contributed by atoms with Gasteiger partial charge in [-0.05, 0) is 12.5 Å². The molecule has 1 atom stereocenters. The van der Waals surface area contributed by atoms with Gasteiger partial charge < -0.3 is 9.52 Å². The Morgan fingerprint density at radius 3 is 2.53 bits per heavy atom. The van der Waals surface area contributed by atoms with Gasteiger partial charge in [0.25, 0.3) is 0 Å². The second-order valence-corrected chi connectivity index (χ2v) is 4.72. The van der Waals surface area contributed by atoms with E-state index < -0.39 is 0 Å². The molecule has 0 saturated heterocycles. The molecule has 0 amide bonds. The zero-order chi connectivity index (χ0) is 12.5. The number of hydrogen-bond donors (Lipinski definition) is 1. The summed E-state index contributed by atoms with van der Waals surface area (Å²) in [5.74, 6) is 0.934. The van der Waals surface area contributed by atoms with Crippen LogP contribution < -0.4 is 0 Å². The van der Waals surface area contributed by atoms with Crippen LogP contribution in [0.25, 0.3) is 0 Å². The van der Waals surface area contributed by atoms with E-state index in [-0.39, 0.29) is 6.10 Å². The Labute approximate surface area is 105 Å². The third-order valence-corrected chi connectivity index (χ3v) is 3.29. The summed E-state index contributed by atoms with van der Waals surface area (Å²) in [6.07, 6.45) is 10.7. The van der Waals surface area contributed by atoms with Gasteiger partial charge in [0.05, 0.1) is 12.4 Å². The molecule has 2 heteroatoms. The molecular weight excluding hydrogens is 212 g/mol. The van der Waals surface area contributed by atoms with Crippen molar-refractivity contribution in [1.29, 1.82) is 0 Å². The molecule has 1 aromatic heterocycles. The molecule has 98 valence electrons. The van der Waals surface area contributed by atoms with Crippen molar-refractivity contribution in [2.24, 2.45) is 0 Å². The lowest BCUT2D eigenvalue weighted by Gasteiger charge is -2.10. The van der Waals surface area contributed by atoms with E-state index in [1.807, 2.05) is 6.07 Å². The molecule has 2 nitrogen and oxygen atoms in total. The quantitative estimate of drug-likeness (QED) is 0.636. The molecule has 0 saturated carbocycles. The van der Waals surface area contributed by atoms with Gasteiger partial charge in [-0.15, -0.1) is 0 Å². The summed E-state index contributed by atoms with van der Waals surface area (Å²) < 4.78 is 5.33. The van der Waals surface area contributed by atoms with Crippen molar-refractivity contribution in [1.82, 2.24) is 0 Å². The highest BCUT2D eigenvalue weighted by atomic mass is 16.3. The molecule has 0 bridgehead atoms. The lowest BCUT2D eigenvalue weighted by Crippen LogP contribution is -1.99. The van der Waals surface area contributed by atoms with Crippen LogP contribution in [0.4, 0.5) is 0 Å². The van der Waals surface area contributed by atoms with Crippen molar-refractivity contribution in [3.8, 4) is 0 Å². The van der Waals surface area contributed by atoms with E-state index in [2.05, 4.69) is 13.8 Å². The van der Waals surface area contributed by atoms with Crippen molar-refractivity contribution in [3.05, 3.63) is 23.7 Å². The van der Waals surface area contributed by atoms with Gasteiger partial charge in [-0.25, -0.2) is 0 Å². The first-order valence-corrected chi connectivity index (χ1v) is 7.03. The number of rotatable bonds is 9. The normalized spacial score (nSPS) is 12.9. The minimum absolute atomic E-state index is 0.338. The first kappa shape index (κ1) is 14.3. The lowest BCUT2D eigenvalue weighted by molar-refractivity contribution is 0.161. The van der Waals surface area contributed by atoms with Gasteiger partial charge in [-0.1, -0.05) is 52.4 Å². The Morgan fingerprint density at radius 2 is 1.82 bits per heavy atom. The second kappa shape index (κ2) is 8.35. The van der Waals surface area contributed by atoms with Gasteiger partial charge in [0, 0.05) is 12.0 Å². The van der Waals surface area contributed by atoms with Gasteiger partial charge in [-0.3, -0.25) is 0 Å². The van der Waals surface area contributed by atoms with Crippen LogP contribution in [0.1, 0.15) is 76.2 Å². The van der Waals surface area contributed by atoms with E-state index >= 15 is 0 Å². The zero-order valence-electron chi connectivity index (χ0n) is 11.2. The molecule has 1 rings (SSSR count). The summed E-state index contributed by atoms with van der Waals surface area (Å²) in [5, 5.41) is 10.1. The monoisotopic (exact) mass is 238 g/mol. The summed E-state index contributed by atoms with van der Waals surface area (Å²) >= 11 is 0. The van der Waals surface area contributed by atoms with Gasteiger partial charge in [0.2, 0.25) is 0 Å². The zero-order valence-corrected chi connectivity index (χ0v) is 11.2. The van der Waals surface area contributed by atoms with Crippen LogP contribution in [0.2, 0.25) is 0 Å². The highest BCUT2D eigenvalue weighted by Crippen LogP contribution is 2.24. The Kier molecular flexibility index (Phi) is 7.02. The standard InChI is InChI=1S/C15H26O2/c1-3-5-6-7-8-9-10-14(16)13-11-12-17-15(13)4-2/h11-12,14,16H,3-10H2,1-2H3. The Morgan fingerprint density at radius 1 is 1.12 bits per heavy atom. The van der Waals surface area contributed by atoms with E-state index in [9.17, 15) is 5.11 Å². The smallest absolute Gasteiger partial charge is 0.109 e. The van der Waals surface area contributed by atoms with E-state index in [4.69, 9.17) is 4.42 Å². The Balaban J connectivity index is 2.19. The van der Waals surface area contributed by atoms with Crippen molar-refractivity contribution < 1.29 is 9.52 Å². The molecule has 0 aliphatic heterocycles. The number of unbranched alkanes of at least 4 members (excludes halogenated alkanes) is 5. The highest BCUT2D eigenvalue weighted by Gasteiger charge is 2.13. The minimum Gasteiger partial charge on any atom is -0.469 e. The molecule has 0 aliphatic carbocycles. The molecule has 0 aliphatic rings. The molecule has 1 heterocycles. The number of aliphatic hydroxyl groups excluding tert-OH is 1. The second-order valence-electron chi connectivity index (χ2n) is 4.72. The van der Waals surface area contributed by atoms with Crippen LogP contribution in [0.3, 0.4) is 0 Å². The average molecular weight is 238 g/mol. The molecule has 0 spiro atoms. The van der Waals surface area contributed by atoms with Crippen molar-refractivity contribution in [2.75, 3.05) is 0 Å². The number of aryl methyl sites for hydroxylation is 1. The summed E-state index contributed by atoms with van der Waals surface area (Å²) in [6.45, 7) is 4.29. The van der Waals surface area contributed by atoms with Crippen LogP contribution in [-0.2, 0) is 6.42 Å². The lowest BCUT2D eigenvalue weighted by atomic mass is 10.0. The van der Waals surface area contributed by atoms with Crippen LogP contribution in [0.5, 0.6) is 0 Å². The van der Waals surface area contributed by atoms with Crippen LogP contribution >= 0.6 is 0 Å². The summed E-state index contributed by atoms with van der Waals surface area (Å²) in [4.78, 5) is 0. The van der Waals surface area contributed by atoms with Gasteiger partial charge in [0.1, 0.15) is 5.76 Å². The minimum atomic E-state index is -0.338. The molecule has 0 radical (unpaired) electrons. The number of furan rings is 1. The first-order valence-electron chi connectivity index (χ1n) is 7.03. The topological polar surface area (TPSA) is 33.4 Å². The van der Waals surface area contributed by atoms with Crippen LogP contribution in [-0.4, -0.2) is 5.11 Å². The van der Waals surface area contributed by atoms with Gasteiger partial charge in [0.15, 0.2) is 0 Å². The average Bonchev–Trinajstić information content (AvgIpc) is 2.81. The van der Waals surface area contributed by atoms with E-state index in [1.54, 1.807) is 6.26 Å². The third-order valence-electron chi connectivity index (χ3n) is 3.29.